The average molecular weight is 412 g/mol. The van der Waals surface area contributed by atoms with Crippen molar-refractivity contribution in [3.63, 3.8) is 0 Å². The highest BCUT2D eigenvalue weighted by atomic mass is 16.5. The lowest BCUT2D eigenvalue weighted by Crippen LogP contribution is -2.52. The van der Waals surface area contributed by atoms with E-state index in [1.807, 2.05) is 29.3 Å². The van der Waals surface area contributed by atoms with E-state index < -0.39 is 0 Å². The van der Waals surface area contributed by atoms with Crippen LogP contribution in [0, 0.1) is 12.8 Å². The second kappa shape index (κ2) is 9.51. The Morgan fingerprint density at radius 2 is 1.97 bits per heavy atom. The van der Waals surface area contributed by atoms with Gasteiger partial charge in [-0.05, 0) is 44.4 Å². The molecule has 2 aromatic rings. The third-order valence-corrected chi connectivity index (χ3v) is 6.40. The fourth-order valence-corrected chi connectivity index (χ4v) is 4.70. The van der Waals surface area contributed by atoms with Gasteiger partial charge in [0.15, 0.2) is 0 Å². The van der Waals surface area contributed by atoms with Crippen molar-refractivity contribution in [3.05, 3.63) is 42.5 Å². The van der Waals surface area contributed by atoms with Crippen molar-refractivity contribution in [1.82, 2.24) is 19.4 Å². The lowest BCUT2D eigenvalue weighted by Gasteiger charge is -2.38. The molecule has 4 rings (SSSR count). The molecule has 0 N–H and O–H groups in total. The summed E-state index contributed by atoms with van der Waals surface area (Å²) in [6, 6.07) is 8.10. The van der Waals surface area contributed by atoms with Crippen LogP contribution in [0.5, 0.6) is 5.75 Å². The Morgan fingerprint density at radius 1 is 1.17 bits per heavy atom. The van der Waals surface area contributed by atoms with Crippen LogP contribution in [0.25, 0.3) is 0 Å². The number of methoxy groups -OCH3 is 1. The van der Waals surface area contributed by atoms with Crippen LogP contribution in [0.1, 0.15) is 18.7 Å². The standard InChI is InChI=1S/C23H33N5O2/c1-19-24-9-11-28(19)17-20-6-5-10-25(16-20)18-23(29)27-14-12-26(13-15-27)21-7-3-4-8-22(21)30-2/h3-4,7-9,11,20H,5-6,10,12-18H2,1-2H3. The molecule has 0 spiro atoms. The van der Waals surface area contributed by atoms with Gasteiger partial charge >= 0.3 is 0 Å². The molecule has 30 heavy (non-hydrogen) atoms. The molecule has 2 fully saturated rings. The minimum absolute atomic E-state index is 0.258. The third kappa shape index (κ3) is 4.78. The normalized spacial score (nSPS) is 20.4. The highest BCUT2D eigenvalue weighted by Gasteiger charge is 2.27. The molecule has 1 aromatic carbocycles. The fourth-order valence-electron chi connectivity index (χ4n) is 4.70. The summed E-state index contributed by atoms with van der Waals surface area (Å²) >= 11 is 0. The summed E-state index contributed by atoms with van der Waals surface area (Å²) < 4.78 is 7.72. The smallest absolute Gasteiger partial charge is 0.236 e. The Morgan fingerprint density at radius 3 is 2.70 bits per heavy atom. The number of benzene rings is 1. The number of piperidine rings is 1. The van der Waals surface area contributed by atoms with Crippen LogP contribution < -0.4 is 9.64 Å². The number of aryl methyl sites for hydroxylation is 1. The molecule has 0 radical (unpaired) electrons. The molecule has 0 aliphatic carbocycles. The van der Waals surface area contributed by atoms with Crippen LogP contribution in [-0.2, 0) is 11.3 Å². The van der Waals surface area contributed by atoms with E-state index in [0.29, 0.717) is 12.5 Å². The molecule has 0 bridgehead atoms. The Kier molecular flexibility index (Phi) is 6.57. The van der Waals surface area contributed by atoms with Crippen molar-refractivity contribution in [3.8, 4) is 5.75 Å². The van der Waals surface area contributed by atoms with Gasteiger partial charge in [-0.15, -0.1) is 0 Å². The van der Waals surface area contributed by atoms with Crippen LogP contribution in [0.15, 0.2) is 36.7 Å². The van der Waals surface area contributed by atoms with Crippen molar-refractivity contribution in [2.45, 2.75) is 26.3 Å². The van der Waals surface area contributed by atoms with Crippen LogP contribution in [-0.4, -0.2) is 78.2 Å². The summed E-state index contributed by atoms with van der Waals surface area (Å²) in [5.74, 6) is 2.80. The summed E-state index contributed by atoms with van der Waals surface area (Å²) in [6.45, 7) is 8.81. The molecule has 1 amide bonds. The number of carbonyl (C=O) groups is 1. The van der Waals surface area contributed by atoms with E-state index in [0.717, 1.165) is 69.5 Å². The zero-order chi connectivity index (χ0) is 20.9. The minimum Gasteiger partial charge on any atom is -0.495 e. The van der Waals surface area contributed by atoms with Gasteiger partial charge in [0, 0.05) is 51.7 Å². The second-order valence-corrected chi connectivity index (χ2v) is 8.41. The highest BCUT2D eigenvalue weighted by Crippen LogP contribution is 2.28. The van der Waals surface area contributed by atoms with Gasteiger partial charge in [-0.25, -0.2) is 4.98 Å². The van der Waals surface area contributed by atoms with Gasteiger partial charge in [0.1, 0.15) is 11.6 Å². The molecule has 0 saturated carbocycles. The average Bonchev–Trinajstić information content (AvgIpc) is 3.18. The fraction of sp³-hybridized carbons (Fsp3) is 0.565. The van der Waals surface area contributed by atoms with E-state index >= 15 is 0 Å². The number of hydrogen-bond donors (Lipinski definition) is 0. The van der Waals surface area contributed by atoms with Crippen LogP contribution in [0.3, 0.4) is 0 Å². The van der Waals surface area contributed by atoms with Crippen molar-refractivity contribution in [2.24, 2.45) is 5.92 Å². The van der Waals surface area contributed by atoms with Gasteiger partial charge in [0.25, 0.3) is 0 Å². The predicted octanol–water partition coefficient (Wildman–Crippen LogP) is 2.26. The molecule has 3 heterocycles. The molecule has 7 nitrogen and oxygen atoms in total. The van der Waals surface area contributed by atoms with Gasteiger partial charge in [-0.1, -0.05) is 12.1 Å². The Labute approximate surface area is 179 Å². The maximum absolute atomic E-state index is 12.9. The van der Waals surface area contributed by atoms with Gasteiger partial charge in [0.2, 0.25) is 5.91 Å². The van der Waals surface area contributed by atoms with Crippen molar-refractivity contribution in [1.29, 1.82) is 0 Å². The Hall–Kier alpha value is -2.54. The molecule has 2 saturated heterocycles. The molecule has 7 heteroatoms. The molecular weight excluding hydrogens is 378 g/mol. The molecule has 1 atom stereocenters. The first kappa shape index (κ1) is 20.7. The summed E-state index contributed by atoms with van der Waals surface area (Å²) in [6.07, 6.45) is 6.30. The lowest BCUT2D eigenvalue weighted by molar-refractivity contribution is -0.133. The summed E-state index contributed by atoms with van der Waals surface area (Å²) in [5.41, 5.74) is 1.11. The number of imidazole rings is 1. The van der Waals surface area contributed by atoms with Gasteiger partial charge < -0.3 is 19.1 Å². The summed E-state index contributed by atoms with van der Waals surface area (Å²) in [5, 5.41) is 0. The first-order valence-electron chi connectivity index (χ1n) is 11.0. The van der Waals surface area contributed by atoms with E-state index in [9.17, 15) is 4.79 Å². The number of amides is 1. The zero-order valence-corrected chi connectivity index (χ0v) is 18.2. The number of rotatable bonds is 6. The van der Waals surface area contributed by atoms with Gasteiger partial charge in [-0.2, -0.15) is 0 Å². The van der Waals surface area contributed by atoms with E-state index in [1.165, 1.54) is 6.42 Å². The maximum atomic E-state index is 12.9. The van der Waals surface area contributed by atoms with Crippen molar-refractivity contribution < 1.29 is 9.53 Å². The molecule has 1 aromatic heterocycles. The molecular formula is C23H33N5O2. The Bertz CT molecular complexity index is 844. The van der Waals surface area contributed by atoms with Gasteiger partial charge in [0.05, 0.1) is 19.3 Å². The quantitative estimate of drug-likeness (QED) is 0.730. The highest BCUT2D eigenvalue weighted by molar-refractivity contribution is 5.78. The number of anilines is 1. The maximum Gasteiger partial charge on any atom is 0.236 e. The molecule has 1 unspecified atom stereocenters. The van der Waals surface area contributed by atoms with Crippen LogP contribution in [0.4, 0.5) is 5.69 Å². The topological polar surface area (TPSA) is 53.8 Å². The number of ether oxygens (including phenoxy) is 1. The molecule has 2 aliphatic rings. The van der Waals surface area contributed by atoms with E-state index in [-0.39, 0.29) is 5.91 Å². The van der Waals surface area contributed by atoms with Crippen molar-refractivity contribution >= 4 is 11.6 Å². The minimum atomic E-state index is 0.258. The summed E-state index contributed by atoms with van der Waals surface area (Å²) in [7, 11) is 1.71. The van der Waals surface area contributed by atoms with E-state index in [4.69, 9.17) is 4.74 Å². The number of nitrogens with zero attached hydrogens (tertiary/aromatic N) is 5. The van der Waals surface area contributed by atoms with Crippen LogP contribution >= 0.6 is 0 Å². The SMILES string of the molecule is COc1ccccc1N1CCN(C(=O)CN2CCCC(Cn3ccnc3C)C2)CC1. The van der Waals surface area contributed by atoms with E-state index in [1.54, 1.807) is 7.11 Å². The van der Waals surface area contributed by atoms with Crippen molar-refractivity contribution in [2.75, 3.05) is 57.8 Å². The number of piperazine rings is 1. The second-order valence-electron chi connectivity index (χ2n) is 8.41. The predicted molar refractivity (Wildman–Crippen MR) is 118 cm³/mol. The summed E-state index contributed by atoms with van der Waals surface area (Å²) in [4.78, 5) is 23.9. The number of likely N-dealkylation sites (tertiary alicyclic amines) is 1. The number of para-hydroxylation sites is 2. The first-order valence-corrected chi connectivity index (χ1v) is 11.0. The van der Waals surface area contributed by atoms with Crippen LogP contribution in [0.2, 0.25) is 0 Å². The monoisotopic (exact) mass is 411 g/mol. The first-order chi connectivity index (χ1) is 14.6. The molecule has 2 aliphatic heterocycles. The molecule has 162 valence electrons. The largest absolute Gasteiger partial charge is 0.495 e. The number of hydrogen-bond acceptors (Lipinski definition) is 5. The number of aromatic nitrogens is 2. The van der Waals surface area contributed by atoms with Gasteiger partial charge in [-0.3, -0.25) is 9.69 Å². The zero-order valence-electron chi connectivity index (χ0n) is 18.2. The third-order valence-electron chi connectivity index (χ3n) is 6.40. The number of carbonyl (C=O) groups excluding carboxylic acids is 1. The Balaban J connectivity index is 1.27. The lowest BCUT2D eigenvalue weighted by atomic mass is 9.98. The van der Waals surface area contributed by atoms with E-state index in [2.05, 4.69) is 38.5 Å².